The number of hydrogen-bond donors (Lipinski definition) is 0. The molecule has 0 spiro atoms. The number of anilines is 1. The molecule has 1 aromatic rings. The first-order valence-corrected chi connectivity index (χ1v) is 5.63. The Balaban J connectivity index is 2.18. The SMILES string of the molecule is Cc1nnc(N2CCSCC2)n1C. The Morgan fingerprint density at radius 3 is 2.46 bits per heavy atom. The molecular weight excluding hydrogens is 184 g/mol. The molecule has 0 aliphatic carbocycles. The molecule has 72 valence electrons. The molecule has 0 unspecified atom stereocenters. The van der Waals surface area contributed by atoms with Crippen LogP contribution in [-0.4, -0.2) is 39.4 Å². The van der Waals surface area contributed by atoms with Crippen LogP contribution in [0.25, 0.3) is 0 Å². The van der Waals surface area contributed by atoms with Gasteiger partial charge in [0.1, 0.15) is 5.82 Å². The Hall–Kier alpha value is -0.710. The third-order valence-corrected chi connectivity index (χ3v) is 3.31. The highest BCUT2D eigenvalue weighted by molar-refractivity contribution is 7.99. The lowest BCUT2D eigenvalue weighted by Gasteiger charge is -2.26. The fraction of sp³-hybridized carbons (Fsp3) is 0.750. The van der Waals surface area contributed by atoms with Gasteiger partial charge in [-0.3, -0.25) is 0 Å². The van der Waals surface area contributed by atoms with Crippen LogP contribution in [0.1, 0.15) is 5.82 Å². The summed E-state index contributed by atoms with van der Waals surface area (Å²) in [5.41, 5.74) is 0. The van der Waals surface area contributed by atoms with E-state index in [2.05, 4.69) is 19.7 Å². The summed E-state index contributed by atoms with van der Waals surface area (Å²) in [7, 11) is 2.02. The highest BCUT2D eigenvalue weighted by Crippen LogP contribution is 2.16. The molecule has 13 heavy (non-hydrogen) atoms. The third kappa shape index (κ3) is 1.65. The predicted octanol–water partition coefficient (Wildman–Crippen LogP) is 0.677. The zero-order valence-electron chi connectivity index (χ0n) is 8.03. The molecule has 0 radical (unpaired) electrons. The first-order chi connectivity index (χ1) is 6.29. The second kappa shape index (κ2) is 3.57. The van der Waals surface area contributed by atoms with Crippen molar-refractivity contribution in [3.05, 3.63) is 5.82 Å². The molecule has 5 heteroatoms. The zero-order valence-corrected chi connectivity index (χ0v) is 8.84. The number of aromatic nitrogens is 3. The summed E-state index contributed by atoms with van der Waals surface area (Å²) >= 11 is 2.01. The molecule has 0 amide bonds. The van der Waals surface area contributed by atoms with Crippen molar-refractivity contribution in [3.63, 3.8) is 0 Å². The quantitative estimate of drug-likeness (QED) is 0.664. The maximum absolute atomic E-state index is 4.17. The van der Waals surface area contributed by atoms with E-state index in [1.807, 2.05) is 25.7 Å². The van der Waals surface area contributed by atoms with E-state index in [0.29, 0.717) is 0 Å². The van der Waals surface area contributed by atoms with E-state index < -0.39 is 0 Å². The summed E-state index contributed by atoms with van der Waals surface area (Å²) in [6, 6.07) is 0. The molecule has 0 atom stereocenters. The van der Waals surface area contributed by atoms with Gasteiger partial charge in [0, 0.05) is 31.6 Å². The van der Waals surface area contributed by atoms with Crippen molar-refractivity contribution in [2.24, 2.45) is 7.05 Å². The first kappa shape index (κ1) is 8.87. The topological polar surface area (TPSA) is 34.0 Å². The van der Waals surface area contributed by atoms with Crippen LogP contribution in [0.15, 0.2) is 0 Å². The zero-order chi connectivity index (χ0) is 9.26. The third-order valence-electron chi connectivity index (χ3n) is 2.36. The average Bonchev–Trinajstić information content (AvgIpc) is 2.49. The number of aryl methyl sites for hydroxylation is 1. The average molecular weight is 198 g/mol. The Labute approximate surface area is 82.3 Å². The van der Waals surface area contributed by atoms with Crippen molar-refractivity contribution in [1.82, 2.24) is 14.8 Å². The van der Waals surface area contributed by atoms with Crippen LogP contribution in [0, 0.1) is 6.92 Å². The van der Waals surface area contributed by atoms with Gasteiger partial charge >= 0.3 is 0 Å². The van der Waals surface area contributed by atoms with Gasteiger partial charge in [0.25, 0.3) is 0 Å². The molecular formula is C8H14N4S. The summed E-state index contributed by atoms with van der Waals surface area (Å²) in [6.45, 7) is 4.17. The lowest BCUT2D eigenvalue weighted by atomic mass is 10.5. The number of hydrogen-bond acceptors (Lipinski definition) is 4. The van der Waals surface area contributed by atoms with Crippen molar-refractivity contribution >= 4 is 17.7 Å². The van der Waals surface area contributed by atoms with Gasteiger partial charge < -0.3 is 9.47 Å². The fourth-order valence-electron chi connectivity index (χ4n) is 1.43. The van der Waals surface area contributed by atoms with Gasteiger partial charge in [-0.25, -0.2) is 0 Å². The largest absolute Gasteiger partial charge is 0.339 e. The van der Waals surface area contributed by atoms with Gasteiger partial charge in [0.05, 0.1) is 0 Å². The van der Waals surface area contributed by atoms with Crippen molar-refractivity contribution in [1.29, 1.82) is 0 Å². The molecule has 1 aliphatic rings. The number of nitrogens with zero attached hydrogens (tertiary/aromatic N) is 4. The Kier molecular flexibility index (Phi) is 2.44. The van der Waals surface area contributed by atoms with Crippen LogP contribution in [-0.2, 0) is 7.05 Å². The Bertz CT molecular complexity index is 290. The standard InChI is InChI=1S/C8H14N4S/c1-7-9-10-8(11(7)2)12-3-5-13-6-4-12/h3-6H2,1-2H3. The second-order valence-corrected chi connectivity index (χ2v) is 4.43. The summed E-state index contributed by atoms with van der Waals surface area (Å²) in [4.78, 5) is 2.30. The summed E-state index contributed by atoms with van der Waals surface area (Å²) < 4.78 is 2.05. The van der Waals surface area contributed by atoms with Crippen molar-refractivity contribution < 1.29 is 0 Å². The molecule has 0 bridgehead atoms. The molecule has 2 heterocycles. The normalized spacial score (nSPS) is 17.8. The van der Waals surface area contributed by atoms with Crippen LogP contribution >= 0.6 is 11.8 Å². The highest BCUT2D eigenvalue weighted by Gasteiger charge is 2.16. The van der Waals surface area contributed by atoms with Crippen molar-refractivity contribution in [2.45, 2.75) is 6.92 Å². The van der Waals surface area contributed by atoms with Crippen molar-refractivity contribution in [3.8, 4) is 0 Å². The first-order valence-electron chi connectivity index (χ1n) is 4.48. The maximum Gasteiger partial charge on any atom is 0.227 e. The number of rotatable bonds is 1. The van der Waals surface area contributed by atoms with Crippen LogP contribution in [0.4, 0.5) is 5.95 Å². The molecule has 0 saturated carbocycles. The Morgan fingerprint density at radius 2 is 1.92 bits per heavy atom. The second-order valence-electron chi connectivity index (χ2n) is 3.21. The minimum atomic E-state index is 0.980. The lowest BCUT2D eigenvalue weighted by Crippen LogP contribution is -2.34. The van der Waals surface area contributed by atoms with E-state index >= 15 is 0 Å². The van der Waals surface area contributed by atoms with Gasteiger partial charge in [-0.2, -0.15) is 11.8 Å². The fourth-order valence-corrected chi connectivity index (χ4v) is 2.34. The molecule has 1 fully saturated rings. The van der Waals surface area contributed by atoms with Crippen LogP contribution < -0.4 is 4.90 Å². The van der Waals surface area contributed by atoms with E-state index in [-0.39, 0.29) is 0 Å². The van der Waals surface area contributed by atoms with E-state index in [1.165, 1.54) is 11.5 Å². The van der Waals surface area contributed by atoms with E-state index in [9.17, 15) is 0 Å². The highest BCUT2D eigenvalue weighted by atomic mass is 32.2. The van der Waals surface area contributed by atoms with Crippen molar-refractivity contribution in [2.75, 3.05) is 29.5 Å². The van der Waals surface area contributed by atoms with Crippen LogP contribution in [0.2, 0.25) is 0 Å². The van der Waals surface area contributed by atoms with Gasteiger partial charge in [-0.15, -0.1) is 10.2 Å². The van der Waals surface area contributed by atoms with E-state index in [1.54, 1.807) is 0 Å². The number of thioether (sulfide) groups is 1. The van der Waals surface area contributed by atoms with Gasteiger partial charge in [0.15, 0.2) is 0 Å². The molecule has 1 aliphatic heterocycles. The van der Waals surface area contributed by atoms with Crippen LogP contribution in [0.5, 0.6) is 0 Å². The molecule has 4 nitrogen and oxygen atoms in total. The van der Waals surface area contributed by atoms with E-state index in [0.717, 1.165) is 24.9 Å². The maximum atomic E-state index is 4.17. The molecule has 2 rings (SSSR count). The van der Waals surface area contributed by atoms with Crippen LogP contribution in [0.3, 0.4) is 0 Å². The molecule has 0 aromatic carbocycles. The predicted molar refractivity (Wildman–Crippen MR) is 55.3 cm³/mol. The molecule has 1 saturated heterocycles. The smallest absolute Gasteiger partial charge is 0.227 e. The molecule has 0 N–H and O–H groups in total. The van der Waals surface area contributed by atoms with Gasteiger partial charge in [-0.1, -0.05) is 0 Å². The van der Waals surface area contributed by atoms with Gasteiger partial charge in [0.2, 0.25) is 5.95 Å². The summed E-state index contributed by atoms with van der Waals surface area (Å²) in [6.07, 6.45) is 0. The monoisotopic (exact) mass is 198 g/mol. The summed E-state index contributed by atoms with van der Waals surface area (Å²) in [5, 5.41) is 8.22. The minimum absolute atomic E-state index is 0.980. The lowest BCUT2D eigenvalue weighted by molar-refractivity contribution is 0.762. The van der Waals surface area contributed by atoms with Gasteiger partial charge in [-0.05, 0) is 6.92 Å². The molecule has 1 aromatic heterocycles. The Morgan fingerprint density at radius 1 is 1.23 bits per heavy atom. The minimum Gasteiger partial charge on any atom is -0.339 e. The van der Waals surface area contributed by atoms with E-state index in [4.69, 9.17) is 0 Å². The summed E-state index contributed by atoms with van der Waals surface area (Å²) in [5.74, 6) is 4.39.